The van der Waals surface area contributed by atoms with E-state index < -0.39 is 0 Å². The van der Waals surface area contributed by atoms with E-state index >= 15 is 0 Å². The zero-order valence-electron chi connectivity index (χ0n) is 44.6. The Labute approximate surface area is 453 Å². The number of carbonyl (C=O) groups excluding carboxylic acids is 3. The highest BCUT2D eigenvalue weighted by atomic mass is 16.5. The third kappa shape index (κ3) is 15.4. The molecule has 0 aromatic heterocycles. The highest BCUT2D eigenvalue weighted by molar-refractivity contribution is 6.10. The molecule has 392 valence electrons. The Kier molecular flexibility index (Phi) is 19.9. The summed E-state index contributed by atoms with van der Waals surface area (Å²) >= 11 is 0. The van der Waals surface area contributed by atoms with Gasteiger partial charge in [0.25, 0.3) is 0 Å². The highest BCUT2D eigenvalue weighted by Crippen LogP contribution is 2.34. The minimum Gasteiger partial charge on any atom is -0.497 e. The van der Waals surface area contributed by atoms with E-state index in [-0.39, 0.29) is 24.8 Å². The molecule has 9 rings (SSSR count). The first-order chi connectivity index (χ1) is 36.6. The lowest BCUT2D eigenvalue weighted by atomic mass is 10.0. The average Bonchev–Trinajstić information content (AvgIpc) is 3.44. The molecule has 0 saturated heterocycles. The van der Waals surface area contributed by atoms with Gasteiger partial charge in [-0.25, -0.2) is 0 Å². The number of ether oxygens (including phenoxy) is 6. The van der Waals surface area contributed by atoms with Crippen LogP contribution in [0.5, 0.6) is 51.7 Å². The number of ketones is 3. The number of carbonyl (C=O) groups is 3. The van der Waals surface area contributed by atoms with Crippen molar-refractivity contribution in [3.63, 3.8) is 0 Å². The summed E-state index contributed by atoms with van der Waals surface area (Å²) in [6, 6.07) is 59.6. The minimum absolute atomic E-state index is 0. The first kappa shape index (κ1) is 57.1. The lowest BCUT2D eigenvalue weighted by Crippen LogP contribution is -2.01. The lowest BCUT2D eigenvalue weighted by Gasteiger charge is -2.13. The Bertz CT molecular complexity index is 3240. The fourth-order valence-corrected chi connectivity index (χ4v) is 7.93. The third-order valence-electron chi connectivity index (χ3n) is 12.4. The predicted octanol–water partition coefficient (Wildman–Crippen LogP) is 17.0. The van der Waals surface area contributed by atoms with E-state index in [9.17, 15) is 14.4 Å². The van der Waals surface area contributed by atoms with E-state index in [1.54, 1.807) is 57.7 Å². The van der Waals surface area contributed by atoms with Crippen LogP contribution in [0.3, 0.4) is 0 Å². The zero-order chi connectivity index (χ0) is 54.3. The molecule has 9 aromatic rings. The summed E-state index contributed by atoms with van der Waals surface area (Å²) in [5, 5.41) is 0. The van der Waals surface area contributed by atoms with E-state index in [0.717, 1.165) is 73.4 Å². The first-order valence-electron chi connectivity index (χ1n) is 24.7. The number of methoxy groups -OCH3 is 3. The van der Waals surface area contributed by atoms with Crippen LogP contribution in [0.25, 0.3) is 0 Å². The van der Waals surface area contributed by atoms with Gasteiger partial charge in [-0.2, -0.15) is 0 Å². The number of aryl methyl sites for hydroxylation is 7. The van der Waals surface area contributed by atoms with Crippen LogP contribution in [0, 0.1) is 48.5 Å². The van der Waals surface area contributed by atoms with E-state index in [0.29, 0.717) is 50.6 Å². The smallest absolute Gasteiger partial charge is 0.193 e. The van der Waals surface area contributed by atoms with Gasteiger partial charge in [-0.1, -0.05) is 96.9 Å². The van der Waals surface area contributed by atoms with Crippen molar-refractivity contribution in [3.05, 3.63) is 266 Å². The molecule has 0 saturated carbocycles. The molecule has 0 heterocycles. The van der Waals surface area contributed by atoms with Gasteiger partial charge >= 0.3 is 0 Å². The largest absolute Gasteiger partial charge is 0.497 e. The van der Waals surface area contributed by atoms with Crippen LogP contribution < -0.4 is 28.4 Å². The van der Waals surface area contributed by atoms with Crippen molar-refractivity contribution in [2.75, 3.05) is 21.3 Å². The standard InChI is InChI=1S/C23H22O3.2C22H20O3.CH4/c1-15-5-7-18(8-6-15)22(24)19-9-11-20(12-10-19)26-23-16(2)13-21(25-4)14-17(23)3;2*1-15-4-6-17(7-5-15)22(23)18-8-10-19(11-9-18)25-21-13-12-20(24-3)14-16(21)2;/h5-14H,1-4H3;2*4-14H,1-3H3;1H4. The van der Waals surface area contributed by atoms with Gasteiger partial charge in [-0.05, 0) is 192 Å². The van der Waals surface area contributed by atoms with Crippen LogP contribution in [0.1, 0.15) is 94.1 Å². The van der Waals surface area contributed by atoms with Crippen molar-refractivity contribution in [2.24, 2.45) is 0 Å². The Morgan fingerprint density at radius 3 is 0.766 bits per heavy atom. The maximum atomic E-state index is 12.6. The molecule has 0 aliphatic heterocycles. The summed E-state index contributed by atoms with van der Waals surface area (Å²) in [6.45, 7) is 13.9. The molecule has 9 nitrogen and oxygen atoms in total. The Hall–Kier alpha value is -9.21. The summed E-state index contributed by atoms with van der Waals surface area (Å²) in [4.78, 5) is 37.5. The normalized spacial score (nSPS) is 10.3. The van der Waals surface area contributed by atoms with Crippen molar-refractivity contribution in [3.8, 4) is 51.7 Å². The molecule has 0 aliphatic carbocycles. The van der Waals surface area contributed by atoms with Crippen molar-refractivity contribution in [1.29, 1.82) is 0 Å². The minimum atomic E-state index is 0. The van der Waals surface area contributed by atoms with Gasteiger partial charge < -0.3 is 28.4 Å². The summed E-state index contributed by atoms with van der Waals surface area (Å²) < 4.78 is 33.5. The molecule has 0 unspecified atom stereocenters. The molecule has 0 fully saturated rings. The van der Waals surface area contributed by atoms with Gasteiger partial charge in [-0.3, -0.25) is 14.4 Å². The molecular weight excluding hydrogens is 961 g/mol. The second-order valence-electron chi connectivity index (χ2n) is 18.3. The zero-order valence-corrected chi connectivity index (χ0v) is 44.6. The number of benzene rings is 9. The molecule has 77 heavy (non-hydrogen) atoms. The average molecular weight is 1030 g/mol. The Morgan fingerprint density at radius 1 is 0.273 bits per heavy atom. The molecule has 9 aromatic carbocycles. The first-order valence-corrected chi connectivity index (χ1v) is 24.7. The summed E-state index contributed by atoms with van der Waals surface area (Å²) in [5.74, 6) is 6.83. The van der Waals surface area contributed by atoms with Crippen molar-refractivity contribution in [1.82, 2.24) is 0 Å². The van der Waals surface area contributed by atoms with Gasteiger partial charge in [0.1, 0.15) is 51.7 Å². The van der Waals surface area contributed by atoms with Gasteiger partial charge in [0.2, 0.25) is 0 Å². The quantitative estimate of drug-likeness (QED) is 0.0928. The van der Waals surface area contributed by atoms with Crippen LogP contribution in [0.2, 0.25) is 0 Å². The maximum absolute atomic E-state index is 12.6. The van der Waals surface area contributed by atoms with Crippen molar-refractivity contribution in [2.45, 2.75) is 55.9 Å². The maximum Gasteiger partial charge on any atom is 0.193 e. The third-order valence-corrected chi connectivity index (χ3v) is 12.4. The van der Waals surface area contributed by atoms with Crippen LogP contribution in [0.15, 0.2) is 194 Å². The molecule has 0 spiro atoms. The van der Waals surface area contributed by atoms with E-state index in [2.05, 4.69) is 0 Å². The fourth-order valence-electron chi connectivity index (χ4n) is 7.93. The van der Waals surface area contributed by atoms with E-state index in [1.807, 2.05) is 206 Å². The molecule has 0 aliphatic rings. The van der Waals surface area contributed by atoms with E-state index in [4.69, 9.17) is 28.4 Å². The summed E-state index contributed by atoms with van der Waals surface area (Å²) in [6.07, 6.45) is 0. The molecule has 0 bridgehead atoms. The highest BCUT2D eigenvalue weighted by Gasteiger charge is 2.14. The van der Waals surface area contributed by atoms with Gasteiger partial charge in [0, 0.05) is 33.4 Å². The molecule has 0 N–H and O–H groups in total. The Balaban J connectivity index is 0.000000186. The SMILES string of the molecule is C.COc1cc(C)c(Oc2ccc(C(=O)c3ccc(C)cc3)cc2)c(C)c1.COc1ccc(Oc2ccc(C(=O)c3ccc(C)cc3)cc2)c(C)c1.COc1ccc(Oc2ccc(C(=O)c3ccc(C)cc3)cc2)c(C)c1. The summed E-state index contributed by atoms with van der Waals surface area (Å²) in [7, 11) is 4.93. The van der Waals surface area contributed by atoms with Crippen molar-refractivity contribution < 1.29 is 42.8 Å². The van der Waals surface area contributed by atoms with Crippen LogP contribution >= 0.6 is 0 Å². The monoisotopic (exact) mass is 1030 g/mol. The van der Waals surface area contributed by atoms with Gasteiger partial charge in [0.15, 0.2) is 17.3 Å². The Morgan fingerprint density at radius 2 is 0.506 bits per heavy atom. The molecular formula is C68H66O9. The van der Waals surface area contributed by atoms with Gasteiger partial charge in [-0.15, -0.1) is 0 Å². The molecule has 0 atom stereocenters. The predicted molar refractivity (Wildman–Crippen MR) is 308 cm³/mol. The number of hydrogen-bond donors (Lipinski definition) is 0. The van der Waals surface area contributed by atoms with Crippen molar-refractivity contribution >= 4 is 17.3 Å². The number of hydrogen-bond acceptors (Lipinski definition) is 9. The topological polar surface area (TPSA) is 107 Å². The number of rotatable bonds is 15. The molecule has 0 radical (unpaired) electrons. The summed E-state index contributed by atoms with van der Waals surface area (Å²) in [5.41, 5.74) is 11.4. The van der Waals surface area contributed by atoms with E-state index in [1.165, 1.54) is 0 Å². The van der Waals surface area contributed by atoms with Crippen LogP contribution in [-0.4, -0.2) is 38.7 Å². The lowest BCUT2D eigenvalue weighted by molar-refractivity contribution is 0.103. The fraction of sp³-hybridized carbons (Fsp3) is 0.162. The van der Waals surface area contributed by atoms with Gasteiger partial charge in [0.05, 0.1) is 21.3 Å². The van der Waals surface area contributed by atoms with Crippen LogP contribution in [0.4, 0.5) is 0 Å². The molecule has 0 amide bonds. The molecule has 9 heteroatoms. The second-order valence-corrected chi connectivity index (χ2v) is 18.3. The van der Waals surface area contributed by atoms with Crippen LogP contribution in [-0.2, 0) is 0 Å². The second kappa shape index (κ2) is 26.8.